The van der Waals surface area contributed by atoms with Gasteiger partial charge >= 0.3 is 0 Å². The minimum atomic E-state index is -0.212. The van der Waals surface area contributed by atoms with Gasteiger partial charge in [0, 0.05) is 42.7 Å². The molecule has 1 aromatic carbocycles. The number of carbonyl (C=O) groups is 2. The zero-order valence-corrected chi connectivity index (χ0v) is 17.7. The molecule has 3 atom stereocenters. The van der Waals surface area contributed by atoms with Gasteiger partial charge in [-0.15, -0.1) is 0 Å². The molecule has 2 heterocycles. The van der Waals surface area contributed by atoms with Crippen LogP contribution < -0.4 is 16.2 Å². The third-order valence-electron chi connectivity index (χ3n) is 5.95. The first-order valence-electron chi connectivity index (χ1n) is 10.1. The second kappa shape index (κ2) is 8.49. The Balaban J connectivity index is 1.26. The largest absolute Gasteiger partial charge is 0.352 e. The summed E-state index contributed by atoms with van der Waals surface area (Å²) in [7, 11) is 0. The molecule has 3 unspecified atom stereocenters. The number of nitrogens with one attached hydrogen (secondary N) is 3. The summed E-state index contributed by atoms with van der Waals surface area (Å²) < 4.78 is 1.05. The molecule has 1 saturated carbocycles. The van der Waals surface area contributed by atoms with Crippen molar-refractivity contribution >= 4 is 27.7 Å². The zero-order chi connectivity index (χ0) is 19.7. The van der Waals surface area contributed by atoms with Crippen molar-refractivity contribution in [2.75, 3.05) is 26.2 Å². The van der Waals surface area contributed by atoms with E-state index in [0.29, 0.717) is 19.1 Å². The van der Waals surface area contributed by atoms with Crippen LogP contribution in [0.2, 0.25) is 0 Å². The summed E-state index contributed by atoms with van der Waals surface area (Å²) in [5.41, 5.74) is 7.59. The quantitative estimate of drug-likeness (QED) is 0.628. The standard InChI is InChI=1S/C20H28BrN5O2/c1-13(19(27)22-16-6-7-16)25-8-10-26(11-9-25)20(28)18-12-17(23-24-18)14-2-4-15(21)5-3-14/h2-5,13,16-18,23-24H,6-12H2,1H3,(H,22,27). The molecule has 4 rings (SSSR count). The van der Waals surface area contributed by atoms with Crippen LogP contribution in [0.4, 0.5) is 0 Å². The summed E-state index contributed by atoms with van der Waals surface area (Å²) in [5, 5.41) is 3.07. The van der Waals surface area contributed by atoms with Gasteiger partial charge < -0.3 is 10.2 Å². The molecule has 0 spiro atoms. The Morgan fingerprint density at radius 1 is 1.11 bits per heavy atom. The lowest BCUT2D eigenvalue weighted by Gasteiger charge is -2.38. The van der Waals surface area contributed by atoms with Crippen LogP contribution in [0.1, 0.15) is 37.8 Å². The Hall–Kier alpha value is -1.48. The number of carbonyl (C=O) groups excluding carboxylic acids is 2. The highest BCUT2D eigenvalue weighted by molar-refractivity contribution is 9.10. The van der Waals surface area contributed by atoms with Gasteiger partial charge in [0.05, 0.1) is 6.04 Å². The van der Waals surface area contributed by atoms with Crippen LogP contribution >= 0.6 is 15.9 Å². The van der Waals surface area contributed by atoms with E-state index in [1.54, 1.807) is 0 Å². The summed E-state index contributed by atoms with van der Waals surface area (Å²) in [6.07, 6.45) is 2.94. The average Bonchev–Trinajstić information content (AvgIpc) is 3.39. The maximum atomic E-state index is 12.9. The number of hydrogen-bond donors (Lipinski definition) is 3. The molecule has 0 bridgehead atoms. The Kier molecular flexibility index (Phi) is 6.01. The van der Waals surface area contributed by atoms with E-state index in [9.17, 15) is 9.59 Å². The summed E-state index contributed by atoms with van der Waals surface area (Å²) >= 11 is 3.45. The van der Waals surface area contributed by atoms with E-state index in [1.807, 2.05) is 24.0 Å². The van der Waals surface area contributed by atoms with Crippen molar-refractivity contribution in [2.45, 2.75) is 50.4 Å². The monoisotopic (exact) mass is 449 g/mol. The molecule has 1 aliphatic carbocycles. The fourth-order valence-corrected chi connectivity index (χ4v) is 4.16. The summed E-state index contributed by atoms with van der Waals surface area (Å²) in [6.45, 7) is 4.77. The fraction of sp³-hybridized carbons (Fsp3) is 0.600. The number of hydrazine groups is 1. The lowest BCUT2D eigenvalue weighted by molar-refractivity contribution is -0.136. The number of hydrogen-bond acceptors (Lipinski definition) is 5. The topological polar surface area (TPSA) is 76.7 Å². The number of piperazine rings is 1. The summed E-state index contributed by atoms with van der Waals surface area (Å²) in [6, 6.07) is 8.36. The molecule has 2 amide bonds. The molecule has 28 heavy (non-hydrogen) atoms. The Labute approximate surface area is 174 Å². The van der Waals surface area contributed by atoms with Gasteiger partial charge in [-0.3, -0.25) is 14.5 Å². The smallest absolute Gasteiger partial charge is 0.241 e. The highest BCUT2D eigenvalue weighted by Crippen LogP contribution is 2.25. The highest BCUT2D eigenvalue weighted by Gasteiger charge is 2.35. The molecular weight excluding hydrogens is 422 g/mol. The predicted octanol–water partition coefficient (Wildman–Crippen LogP) is 1.17. The van der Waals surface area contributed by atoms with Gasteiger partial charge in [-0.25, -0.2) is 10.9 Å². The fourth-order valence-electron chi connectivity index (χ4n) is 3.90. The molecule has 152 valence electrons. The van der Waals surface area contributed by atoms with Gasteiger partial charge in [0.2, 0.25) is 11.8 Å². The van der Waals surface area contributed by atoms with Crippen molar-refractivity contribution in [3.05, 3.63) is 34.3 Å². The van der Waals surface area contributed by atoms with E-state index in [-0.39, 0.29) is 29.9 Å². The van der Waals surface area contributed by atoms with Crippen LogP contribution in [0.3, 0.4) is 0 Å². The second-order valence-corrected chi connectivity index (χ2v) is 8.92. The van der Waals surface area contributed by atoms with Crippen molar-refractivity contribution in [3.8, 4) is 0 Å². The molecule has 2 aliphatic heterocycles. The molecule has 3 fully saturated rings. The Bertz CT molecular complexity index is 716. The molecule has 7 nitrogen and oxygen atoms in total. The van der Waals surface area contributed by atoms with Gasteiger partial charge in [-0.1, -0.05) is 28.1 Å². The minimum absolute atomic E-state index is 0.112. The Morgan fingerprint density at radius 3 is 2.43 bits per heavy atom. The van der Waals surface area contributed by atoms with Crippen molar-refractivity contribution < 1.29 is 9.59 Å². The number of amides is 2. The highest BCUT2D eigenvalue weighted by atomic mass is 79.9. The maximum Gasteiger partial charge on any atom is 0.241 e. The van der Waals surface area contributed by atoms with Crippen LogP contribution in [0.25, 0.3) is 0 Å². The van der Waals surface area contributed by atoms with E-state index < -0.39 is 0 Å². The molecule has 3 aliphatic rings. The normalized spacial score (nSPS) is 26.9. The van der Waals surface area contributed by atoms with E-state index in [2.05, 4.69) is 49.1 Å². The minimum Gasteiger partial charge on any atom is -0.352 e. The third-order valence-corrected chi connectivity index (χ3v) is 6.48. The number of benzene rings is 1. The van der Waals surface area contributed by atoms with Crippen LogP contribution in [0.15, 0.2) is 28.7 Å². The first-order chi connectivity index (χ1) is 13.5. The lowest BCUT2D eigenvalue weighted by Crippen LogP contribution is -2.57. The summed E-state index contributed by atoms with van der Waals surface area (Å²) in [5.74, 6) is 0.253. The van der Waals surface area contributed by atoms with Crippen LogP contribution in [0, 0.1) is 0 Å². The van der Waals surface area contributed by atoms with Crippen molar-refractivity contribution in [3.63, 3.8) is 0 Å². The maximum absolute atomic E-state index is 12.9. The van der Waals surface area contributed by atoms with Crippen molar-refractivity contribution in [2.24, 2.45) is 0 Å². The predicted molar refractivity (Wildman–Crippen MR) is 110 cm³/mol. The SMILES string of the molecule is CC(C(=O)NC1CC1)N1CCN(C(=O)C2CC(c3ccc(Br)cc3)NN2)CC1. The lowest BCUT2D eigenvalue weighted by atomic mass is 10.0. The van der Waals surface area contributed by atoms with Crippen molar-refractivity contribution in [1.29, 1.82) is 0 Å². The molecule has 3 N–H and O–H groups in total. The number of rotatable bonds is 5. The number of nitrogens with zero attached hydrogens (tertiary/aromatic N) is 2. The van der Waals surface area contributed by atoms with Gasteiger partial charge in [0.15, 0.2) is 0 Å². The van der Waals surface area contributed by atoms with E-state index in [0.717, 1.165) is 36.8 Å². The second-order valence-electron chi connectivity index (χ2n) is 8.00. The average molecular weight is 450 g/mol. The molecule has 0 aromatic heterocycles. The Morgan fingerprint density at radius 2 is 1.79 bits per heavy atom. The molecular formula is C20H28BrN5O2. The van der Waals surface area contributed by atoms with Crippen LogP contribution in [0.5, 0.6) is 0 Å². The van der Waals surface area contributed by atoms with E-state index in [4.69, 9.17) is 0 Å². The zero-order valence-electron chi connectivity index (χ0n) is 16.2. The van der Waals surface area contributed by atoms with Crippen molar-refractivity contribution in [1.82, 2.24) is 26.0 Å². The molecule has 0 radical (unpaired) electrons. The molecule has 2 saturated heterocycles. The van der Waals surface area contributed by atoms with Crippen LogP contribution in [-0.2, 0) is 9.59 Å². The van der Waals surface area contributed by atoms with Gasteiger partial charge in [0.1, 0.15) is 6.04 Å². The molecule has 1 aromatic rings. The first-order valence-corrected chi connectivity index (χ1v) is 10.9. The summed E-state index contributed by atoms with van der Waals surface area (Å²) in [4.78, 5) is 29.3. The van der Waals surface area contributed by atoms with Gasteiger partial charge in [0.25, 0.3) is 0 Å². The molecule has 8 heteroatoms. The van der Waals surface area contributed by atoms with Gasteiger partial charge in [-0.2, -0.15) is 0 Å². The first kappa shape index (κ1) is 19.8. The third kappa shape index (κ3) is 4.56. The van der Waals surface area contributed by atoms with Crippen LogP contribution in [-0.4, -0.2) is 65.9 Å². The van der Waals surface area contributed by atoms with E-state index >= 15 is 0 Å². The number of halogens is 1. The van der Waals surface area contributed by atoms with Gasteiger partial charge in [-0.05, 0) is 43.9 Å². The van der Waals surface area contributed by atoms with E-state index in [1.165, 1.54) is 5.56 Å².